The normalized spacial score (nSPS) is 11.8. The van der Waals surface area contributed by atoms with Crippen LogP contribution >= 0.6 is 0 Å². The van der Waals surface area contributed by atoms with Crippen molar-refractivity contribution >= 4 is 23.4 Å². The second-order valence-corrected chi connectivity index (χ2v) is 4.92. The number of anilines is 1. The molecule has 21 heavy (non-hydrogen) atoms. The minimum absolute atomic E-state index is 0.0495. The van der Waals surface area contributed by atoms with Gasteiger partial charge in [-0.15, -0.1) is 0 Å². The number of hydrogen-bond acceptors (Lipinski definition) is 4. The lowest BCUT2D eigenvalue weighted by molar-refractivity contribution is -0.385. The van der Waals surface area contributed by atoms with Crippen LogP contribution in [0.1, 0.15) is 19.4 Å². The number of nitrogens with zero attached hydrogens (tertiary/aromatic N) is 1. The zero-order valence-electron chi connectivity index (χ0n) is 11.9. The second kappa shape index (κ2) is 6.69. The van der Waals surface area contributed by atoms with Crippen molar-refractivity contribution in [2.75, 3.05) is 5.32 Å². The molecule has 0 aliphatic carbocycles. The van der Waals surface area contributed by atoms with Crippen molar-refractivity contribution in [2.45, 2.75) is 26.8 Å². The van der Waals surface area contributed by atoms with Gasteiger partial charge in [-0.3, -0.25) is 10.1 Å². The van der Waals surface area contributed by atoms with E-state index >= 15 is 0 Å². The molecule has 0 aliphatic rings. The number of nitro groups is 1. The van der Waals surface area contributed by atoms with Crippen molar-refractivity contribution in [2.24, 2.45) is 5.92 Å². The first-order chi connectivity index (χ1) is 9.72. The van der Waals surface area contributed by atoms with Crippen molar-refractivity contribution in [3.8, 4) is 0 Å². The summed E-state index contributed by atoms with van der Waals surface area (Å²) in [6.45, 7) is 4.90. The first kappa shape index (κ1) is 16.4. The third-order valence-electron chi connectivity index (χ3n) is 2.87. The van der Waals surface area contributed by atoms with Crippen LogP contribution in [0.4, 0.5) is 16.2 Å². The van der Waals surface area contributed by atoms with Gasteiger partial charge in [-0.1, -0.05) is 13.8 Å². The summed E-state index contributed by atoms with van der Waals surface area (Å²) in [5, 5.41) is 24.5. The van der Waals surface area contributed by atoms with E-state index in [-0.39, 0.29) is 11.6 Å². The van der Waals surface area contributed by atoms with Crippen molar-refractivity contribution in [3.63, 3.8) is 0 Å². The van der Waals surface area contributed by atoms with E-state index < -0.39 is 23.0 Å². The summed E-state index contributed by atoms with van der Waals surface area (Å²) in [7, 11) is 0. The number of urea groups is 1. The number of carboxylic acids is 1. The summed E-state index contributed by atoms with van der Waals surface area (Å²) >= 11 is 0. The number of nitrogens with one attached hydrogen (secondary N) is 2. The van der Waals surface area contributed by atoms with Gasteiger partial charge in [0.2, 0.25) is 0 Å². The van der Waals surface area contributed by atoms with Crippen molar-refractivity contribution in [3.05, 3.63) is 33.9 Å². The summed E-state index contributed by atoms with van der Waals surface area (Å²) < 4.78 is 0. The summed E-state index contributed by atoms with van der Waals surface area (Å²) in [5.74, 6) is -1.40. The molecule has 8 nitrogen and oxygen atoms in total. The molecule has 0 bridgehead atoms. The fourth-order valence-electron chi connectivity index (χ4n) is 1.76. The Morgan fingerprint density at radius 1 is 1.33 bits per heavy atom. The van der Waals surface area contributed by atoms with E-state index in [4.69, 9.17) is 5.11 Å². The van der Waals surface area contributed by atoms with E-state index in [9.17, 15) is 19.7 Å². The number of nitro benzene ring substituents is 1. The molecule has 3 N–H and O–H groups in total. The molecule has 8 heteroatoms. The average Bonchev–Trinajstić information content (AvgIpc) is 2.34. The third-order valence-corrected chi connectivity index (χ3v) is 2.87. The van der Waals surface area contributed by atoms with Crippen LogP contribution in [0.5, 0.6) is 0 Å². The Morgan fingerprint density at radius 2 is 1.95 bits per heavy atom. The Kier molecular flexibility index (Phi) is 5.23. The van der Waals surface area contributed by atoms with Crippen molar-refractivity contribution in [1.82, 2.24) is 5.32 Å². The predicted octanol–water partition coefficient (Wildman–Crippen LogP) is 2.13. The van der Waals surface area contributed by atoms with E-state index in [1.54, 1.807) is 20.8 Å². The summed E-state index contributed by atoms with van der Waals surface area (Å²) in [6.07, 6.45) is 0. The second-order valence-electron chi connectivity index (χ2n) is 4.92. The summed E-state index contributed by atoms with van der Waals surface area (Å²) in [6, 6.07) is 2.43. The highest BCUT2D eigenvalue weighted by molar-refractivity contribution is 5.92. The highest BCUT2D eigenvalue weighted by atomic mass is 16.6. The van der Waals surface area contributed by atoms with Gasteiger partial charge in [-0.05, 0) is 25.0 Å². The molecule has 0 fully saturated rings. The number of carboxylic acid groups (broad SMARTS) is 1. The monoisotopic (exact) mass is 295 g/mol. The highest BCUT2D eigenvalue weighted by Crippen LogP contribution is 2.21. The average molecular weight is 295 g/mol. The smallest absolute Gasteiger partial charge is 0.326 e. The first-order valence-corrected chi connectivity index (χ1v) is 6.27. The topological polar surface area (TPSA) is 122 Å². The maximum atomic E-state index is 11.7. The van der Waals surface area contributed by atoms with Gasteiger partial charge < -0.3 is 15.7 Å². The molecule has 0 heterocycles. The van der Waals surface area contributed by atoms with Gasteiger partial charge >= 0.3 is 12.0 Å². The zero-order chi connectivity index (χ0) is 16.2. The molecule has 2 amide bonds. The maximum absolute atomic E-state index is 11.7. The largest absolute Gasteiger partial charge is 0.480 e. The van der Waals surface area contributed by atoms with Gasteiger partial charge in [-0.25, -0.2) is 9.59 Å². The van der Waals surface area contributed by atoms with Crippen LogP contribution in [0.15, 0.2) is 18.2 Å². The number of amides is 2. The number of rotatable bonds is 5. The van der Waals surface area contributed by atoms with E-state index in [2.05, 4.69) is 10.6 Å². The van der Waals surface area contributed by atoms with E-state index in [0.29, 0.717) is 11.3 Å². The Morgan fingerprint density at radius 3 is 2.38 bits per heavy atom. The van der Waals surface area contributed by atoms with Gasteiger partial charge in [0.15, 0.2) is 0 Å². The molecular formula is C13H17N3O5. The molecule has 114 valence electrons. The fraction of sp³-hybridized carbons (Fsp3) is 0.385. The third kappa shape index (κ3) is 4.44. The summed E-state index contributed by atoms with van der Waals surface area (Å²) in [4.78, 5) is 32.9. The van der Waals surface area contributed by atoms with Crippen LogP contribution in [0, 0.1) is 23.0 Å². The SMILES string of the molecule is Cc1cc(NC(=O)N[C@H](C(=O)O)C(C)C)ccc1[N+](=O)[O-]. The van der Waals surface area contributed by atoms with Crippen LogP contribution in [0.25, 0.3) is 0 Å². The Hall–Kier alpha value is -2.64. The van der Waals surface area contributed by atoms with Gasteiger partial charge in [0.25, 0.3) is 5.69 Å². The van der Waals surface area contributed by atoms with E-state index in [1.807, 2.05) is 0 Å². The molecule has 0 radical (unpaired) electrons. The van der Waals surface area contributed by atoms with Crippen LogP contribution < -0.4 is 10.6 Å². The quantitative estimate of drug-likeness (QED) is 0.567. The molecular weight excluding hydrogens is 278 g/mol. The van der Waals surface area contributed by atoms with Gasteiger partial charge in [0.1, 0.15) is 6.04 Å². The lowest BCUT2D eigenvalue weighted by Gasteiger charge is -2.18. The number of carbonyl (C=O) groups is 2. The Balaban J connectivity index is 2.77. The van der Waals surface area contributed by atoms with Crippen LogP contribution in [0.3, 0.4) is 0 Å². The minimum atomic E-state index is -1.12. The van der Waals surface area contributed by atoms with Gasteiger partial charge in [0.05, 0.1) is 4.92 Å². The molecule has 0 spiro atoms. The number of aryl methyl sites for hydroxylation is 1. The van der Waals surface area contributed by atoms with Crippen LogP contribution in [-0.4, -0.2) is 28.1 Å². The number of hydrogen-bond donors (Lipinski definition) is 3. The zero-order valence-corrected chi connectivity index (χ0v) is 11.9. The molecule has 1 rings (SSSR count). The van der Waals surface area contributed by atoms with Gasteiger partial charge in [-0.2, -0.15) is 0 Å². The van der Waals surface area contributed by atoms with E-state index in [1.165, 1.54) is 18.2 Å². The molecule has 1 aromatic rings. The molecule has 1 atom stereocenters. The van der Waals surface area contributed by atoms with Crippen LogP contribution in [-0.2, 0) is 4.79 Å². The van der Waals surface area contributed by atoms with Crippen LogP contribution in [0.2, 0.25) is 0 Å². The molecule has 0 saturated heterocycles. The molecule has 0 saturated carbocycles. The Bertz CT molecular complexity index is 571. The minimum Gasteiger partial charge on any atom is -0.480 e. The van der Waals surface area contributed by atoms with Gasteiger partial charge in [0, 0.05) is 17.3 Å². The highest BCUT2D eigenvalue weighted by Gasteiger charge is 2.23. The number of aliphatic carboxylic acids is 1. The molecule has 0 aromatic heterocycles. The predicted molar refractivity (Wildman–Crippen MR) is 76.2 cm³/mol. The summed E-state index contributed by atoms with van der Waals surface area (Å²) in [5.41, 5.74) is 0.700. The molecule has 0 aliphatic heterocycles. The lowest BCUT2D eigenvalue weighted by atomic mass is 10.1. The van der Waals surface area contributed by atoms with Crippen molar-refractivity contribution < 1.29 is 19.6 Å². The van der Waals surface area contributed by atoms with E-state index in [0.717, 1.165) is 0 Å². The molecule has 0 unspecified atom stereocenters. The maximum Gasteiger partial charge on any atom is 0.326 e. The van der Waals surface area contributed by atoms with Crippen molar-refractivity contribution in [1.29, 1.82) is 0 Å². The first-order valence-electron chi connectivity index (χ1n) is 6.27. The molecule has 1 aromatic carbocycles. The number of benzene rings is 1. The fourth-order valence-corrected chi connectivity index (χ4v) is 1.76. The number of carbonyl (C=O) groups excluding carboxylic acids is 1. The Labute approximate surface area is 121 Å². The lowest BCUT2D eigenvalue weighted by Crippen LogP contribution is -2.46. The standard InChI is InChI=1S/C13H17N3O5/c1-7(2)11(12(17)18)15-13(19)14-9-4-5-10(16(20)21)8(3)6-9/h4-7,11H,1-3H3,(H,17,18)(H2,14,15,19)/t11-/m0/s1.